The van der Waals surface area contributed by atoms with Gasteiger partial charge in [0.1, 0.15) is 38.1 Å². The van der Waals surface area contributed by atoms with Crippen molar-refractivity contribution in [2.24, 2.45) is 0 Å². The maximum Gasteiger partial charge on any atom is 0.221 e. The van der Waals surface area contributed by atoms with E-state index in [-0.39, 0.29) is 23.6 Å². The van der Waals surface area contributed by atoms with E-state index in [1.807, 2.05) is 48.5 Å². The Balaban J connectivity index is 0.000000166. The Morgan fingerprint density at radius 2 is 1.23 bits per heavy atom. The molecule has 4 aromatic heterocycles. The van der Waals surface area contributed by atoms with Gasteiger partial charge in [-0.1, -0.05) is 24.3 Å². The maximum absolute atomic E-state index is 15.2. The number of nitrogens with zero attached hydrogens (tertiary/aromatic N) is 3. The minimum atomic E-state index is -1.08. The zero-order chi connectivity index (χ0) is 38.0. The van der Waals surface area contributed by atoms with Crippen LogP contribution in [-0.4, -0.2) is 51.6 Å². The van der Waals surface area contributed by atoms with Crippen LogP contribution in [0.5, 0.6) is 0 Å². The van der Waals surface area contributed by atoms with Gasteiger partial charge in [0.2, 0.25) is 11.8 Å². The highest BCUT2D eigenvalue weighted by molar-refractivity contribution is 7.23. The lowest BCUT2D eigenvalue weighted by molar-refractivity contribution is -0.115. The third-order valence-electron chi connectivity index (χ3n) is 8.35. The van der Waals surface area contributed by atoms with E-state index in [0.717, 1.165) is 51.3 Å². The van der Waals surface area contributed by atoms with Gasteiger partial charge in [-0.25, -0.2) is 18.7 Å². The molecule has 6 aromatic rings. The number of amides is 2. The molecule has 0 fully saturated rings. The summed E-state index contributed by atoms with van der Waals surface area (Å²) in [6.07, 6.45) is -2.17. The van der Waals surface area contributed by atoms with Crippen LogP contribution in [0, 0.1) is 0 Å². The molecule has 3 N–H and O–H groups in total. The van der Waals surface area contributed by atoms with Gasteiger partial charge in [-0.05, 0) is 52.0 Å². The number of nitrogens with one attached hydrogen (secondary N) is 3. The van der Waals surface area contributed by atoms with Crippen LogP contribution in [-0.2, 0) is 27.5 Å². The fourth-order valence-electron chi connectivity index (χ4n) is 6.13. The first-order valence-corrected chi connectivity index (χ1v) is 20.4. The lowest BCUT2D eigenvalue weighted by Crippen LogP contribution is -2.36. The molecule has 8 rings (SSSR count). The Morgan fingerprint density at radius 1 is 0.755 bits per heavy atom. The van der Waals surface area contributed by atoms with E-state index in [0.29, 0.717) is 47.3 Å². The number of alkyl halides is 2. The number of Topliss-reactive ketones (excluding diaryl/α,β-unsaturated/α-hetero) is 1. The molecule has 0 spiro atoms. The standard InChI is InChI=1S/C19H20FN3OS2.C16H14FN3OS2.C3H6O/c1-10(2)23-8-12(20)16-15(9-23)26-18(21-11(3)24)17(16)19-22-13-6-4-5-7-14(13)25-19;1-8(21)19-15-14(13-9(17)6-18-7-12(13)23-15)16-20-10-4-2-3-5-11(10)22-16;1-3(2)4/h4-7,10,12H,8-9H2,1-3H3,(H,21,24);2-5,9,18H,6-7H2,1H3,(H,19,21);1-2H3. The fraction of sp³-hybridized carbons (Fsp3) is 0.342. The molecule has 2 atom stereocenters. The van der Waals surface area contributed by atoms with Gasteiger partial charge < -0.3 is 20.7 Å². The maximum atomic E-state index is 15.2. The number of para-hydroxylation sites is 2. The van der Waals surface area contributed by atoms with Gasteiger partial charge >= 0.3 is 0 Å². The largest absolute Gasteiger partial charge is 0.317 e. The van der Waals surface area contributed by atoms with Gasteiger partial charge in [-0.3, -0.25) is 14.5 Å². The molecular weight excluding hydrogens is 755 g/mol. The molecule has 6 heterocycles. The monoisotopic (exact) mass is 794 g/mol. The van der Waals surface area contributed by atoms with Crippen LogP contribution in [0.3, 0.4) is 0 Å². The molecule has 9 nitrogen and oxygen atoms in total. The van der Waals surface area contributed by atoms with Crippen LogP contribution in [0.2, 0.25) is 0 Å². The van der Waals surface area contributed by atoms with Crippen LogP contribution >= 0.6 is 45.3 Å². The summed E-state index contributed by atoms with van der Waals surface area (Å²) in [7, 11) is 0. The molecule has 15 heteroatoms. The molecule has 2 aliphatic rings. The highest BCUT2D eigenvalue weighted by Gasteiger charge is 2.35. The average molecular weight is 795 g/mol. The van der Waals surface area contributed by atoms with Gasteiger partial charge in [0, 0.05) is 66.9 Å². The quantitative estimate of drug-likeness (QED) is 0.159. The first-order valence-electron chi connectivity index (χ1n) is 17.1. The smallest absolute Gasteiger partial charge is 0.221 e. The van der Waals surface area contributed by atoms with E-state index in [9.17, 15) is 18.8 Å². The third kappa shape index (κ3) is 8.71. The molecule has 2 unspecified atom stereocenters. The predicted octanol–water partition coefficient (Wildman–Crippen LogP) is 9.91. The van der Waals surface area contributed by atoms with Gasteiger partial charge in [0.05, 0.1) is 31.6 Å². The number of benzene rings is 2. The van der Waals surface area contributed by atoms with Crippen molar-refractivity contribution in [3.05, 3.63) is 69.4 Å². The third-order valence-corrected chi connectivity index (χ3v) is 12.7. The first kappa shape index (κ1) is 38.7. The summed E-state index contributed by atoms with van der Waals surface area (Å²) in [5, 5.41) is 11.7. The number of hydrogen-bond acceptors (Lipinski definition) is 11. The molecule has 0 aliphatic carbocycles. The average Bonchev–Trinajstić information content (AvgIpc) is 3.86. The van der Waals surface area contributed by atoms with Gasteiger partial charge in [0.25, 0.3) is 0 Å². The number of carbonyl (C=O) groups is 3. The fourth-order valence-corrected chi connectivity index (χ4v) is 10.9. The van der Waals surface area contributed by atoms with Crippen LogP contribution in [0.25, 0.3) is 41.6 Å². The van der Waals surface area contributed by atoms with Crippen molar-refractivity contribution in [3.63, 3.8) is 0 Å². The predicted molar refractivity (Wildman–Crippen MR) is 216 cm³/mol. The summed E-state index contributed by atoms with van der Waals surface area (Å²) in [6.45, 7) is 12.1. The summed E-state index contributed by atoms with van der Waals surface area (Å²) < 4.78 is 31.8. The highest BCUT2D eigenvalue weighted by Crippen LogP contribution is 2.50. The highest BCUT2D eigenvalue weighted by atomic mass is 32.1. The van der Waals surface area contributed by atoms with Crippen LogP contribution in [0.1, 0.15) is 74.8 Å². The summed E-state index contributed by atoms with van der Waals surface area (Å²) >= 11 is 5.97. The zero-order valence-electron chi connectivity index (χ0n) is 30.1. The number of anilines is 2. The Kier molecular flexibility index (Phi) is 12.1. The molecular formula is C38H40F2N6O3S4. The summed E-state index contributed by atoms with van der Waals surface area (Å²) in [5.41, 5.74) is 4.68. The number of thiazole rings is 2. The Labute approximate surface area is 322 Å². The molecule has 2 amide bonds. The van der Waals surface area contributed by atoms with Gasteiger partial charge in [0.15, 0.2) is 0 Å². The molecule has 0 saturated heterocycles. The molecule has 2 aliphatic heterocycles. The lowest BCUT2D eigenvalue weighted by atomic mass is 10.0. The molecule has 0 radical (unpaired) electrons. The van der Waals surface area contributed by atoms with E-state index in [1.165, 1.54) is 61.7 Å². The van der Waals surface area contributed by atoms with Crippen molar-refractivity contribution in [1.29, 1.82) is 0 Å². The van der Waals surface area contributed by atoms with Crippen molar-refractivity contribution in [1.82, 2.24) is 20.2 Å². The second-order valence-electron chi connectivity index (χ2n) is 13.1. The van der Waals surface area contributed by atoms with E-state index < -0.39 is 12.3 Å². The Hall–Kier alpha value is -3.99. The van der Waals surface area contributed by atoms with E-state index in [2.05, 4.69) is 39.7 Å². The minimum Gasteiger partial charge on any atom is -0.317 e. The van der Waals surface area contributed by atoms with Crippen molar-refractivity contribution >= 4 is 93.4 Å². The number of fused-ring (bicyclic) bond motifs is 4. The van der Waals surface area contributed by atoms with Crippen molar-refractivity contribution in [2.45, 2.75) is 73.0 Å². The summed E-state index contributed by atoms with van der Waals surface area (Å²) in [4.78, 5) is 46.1. The summed E-state index contributed by atoms with van der Waals surface area (Å²) in [5.74, 6) is -0.142. The second-order valence-corrected chi connectivity index (χ2v) is 17.4. The molecule has 0 saturated carbocycles. The number of halogens is 2. The molecule has 2 aromatic carbocycles. The number of thiophene rings is 2. The minimum absolute atomic E-state index is 0.151. The van der Waals surface area contributed by atoms with Crippen molar-refractivity contribution in [2.75, 3.05) is 23.7 Å². The van der Waals surface area contributed by atoms with Crippen LogP contribution in [0.4, 0.5) is 18.8 Å². The number of rotatable bonds is 5. The topological polar surface area (TPSA) is 116 Å². The lowest BCUT2D eigenvalue weighted by Gasteiger charge is -2.32. The van der Waals surface area contributed by atoms with Gasteiger partial charge in [-0.15, -0.1) is 45.3 Å². The second kappa shape index (κ2) is 16.6. The number of carbonyl (C=O) groups excluding carboxylic acids is 3. The van der Waals surface area contributed by atoms with E-state index in [4.69, 9.17) is 4.98 Å². The van der Waals surface area contributed by atoms with E-state index in [1.54, 1.807) is 11.3 Å². The molecule has 278 valence electrons. The van der Waals surface area contributed by atoms with Crippen molar-refractivity contribution in [3.8, 4) is 21.1 Å². The Bertz CT molecular complexity index is 2220. The van der Waals surface area contributed by atoms with E-state index >= 15 is 4.39 Å². The normalized spacial score (nSPS) is 16.6. The molecule has 0 bridgehead atoms. The summed E-state index contributed by atoms with van der Waals surface area (Å²) in [6, 6.07) is 16.0. The number of hydrogen-bond donors (Lipinski definition) is 3. The number of ketones is 1. The first-order chi connectivity index (χ1) is 25.3. The Morgan fingerprint density at radius 3 is 1.70 bits per heavy atom. The SMILES string of the molecule is CC(=O)Nc1sc2c(c1-c1nc3ccccc3s1)C(F)CN(C(C)C)C2.CC(=O)Nc1sc2c(c1-c1nc3ccccc3s1)C(F)CNC2.CC(C)=O. The number of aromatic nitrogens is 2. The van der Waals surface area contributed by atoms with Crippen LogP contribution < -0.4 is 16.0 Å². The van der Waals surface area contributed by atoms with Gasteiger partial charge in [-0.2, -0.15) is 0 Å². The molecule has 53 heavy (non-hydrogen) atoms. The van der Waals surface area contributed by atoms with Crippen molar-refractivity contribution < 1.29 is 23.2 Å². The van der Waals surface area contributed by atoms with Crippen LogP contribution in [0.15, 0.2) is 48.5 Å². The zero-order valence-corrected chi connectivity index (χ0v) is 33.4.